The van der Waals surface area contributed by atoms with Crippen LogP contribution < -0.4 is 0 Å². The number of thioether (sulfide) groups is 1. The largest absolute Gasteiger partial charge is 0.303 e. The SMILES string of the molecule is CCN(CC)CC(C)SC1=Nc2ccccc2N=C(c2ccc(Sc3ccccc3)cc2)C1. The molecule has 170 valence electrons. The van der Waals surface area contributed by atoms with Crippen LogP contribution in [0.25, 0.3) is 0 Å². The van der Waals surface area contributed by atoms with E-state index in [9.17, 15) is 0 Å². The lowest BCUT2D eigenvalue weighted by Crippen LogP contribution is -2.30. The number of hydrogen-bond acceptors (Lipinski definition) is 5. The van der Waals surface area contributed by atoms with Crippen molar-refractivity contribution < 1.29 is 0 Å². The minimum Gasteiger partial charge on any atom is -0.303 e. The maximum atomic E-state index is 5.05. The molecule has 3 aromatic carbocycles. The van der Waals surface area contributed by atoms with Gasteiger partial charge in [0.15, 0.2) is 0 Å². The van der Waals surface area contributed by atoms with Gasteiger partial charge in [0.2, 0.25) is 0 Å². The predicted octanol–water partition coefficient (Wildman–Crippen LogP) is 7.86. The Labute approximate surface area is 206 Å². The van der Waals surface area contributed by atoms with Crippen molar-refractivity contribution in [3.63, 3.8) is 0 Å². The van der Waals surface area contributed by atoms with Crippen LogP contribution in [-0.2, 0) is 0 Å². The molecular weight excluding hydrogens is 442 g/mol. The average Bonchev–Trinajstić information content (AvgIpc) is 3.02. The molecule has 1 aliphatic heterocycles. The van der Waals surface area contributed by atoms with Crippen molar-refractivity contribution in [3.05, 3.63) is 84.4 Å². The second kappa shape index (κ2) is 11.7. The van der Waals surface area contributed by atoms with Gasteiger partial charge in [-0.3, -0.25) is 4.99 Å². The number of rotatable bonds is 8. The first kappa shape index (κ1) is 23.8. The molecule has 1 unspecified atom stereocenters. The van der Waals surface area contributed by atoms with E-state index in [1.54, 1.807) is 11.8 Å². The Balaban J connectivity index is 1.55. The van der Waals surface area contributed by atoms with E-state index in [0.29, 0.717) is 5.25 Å². The summed E-state index contributed by atoms with van der Waals surface area (Å²) in [6.45, 7) is 9.98. The average molecular weight is 474 g/mol. The lowest BCUT2D eigenvalue weighted by atomic mass is 10.1. The molecule has 1 aliphatic rings. The summed E-state index contributed by atoms with van der Waals surface area (Å²) in [6, 6.07) is 27.5. The van der Waals surface area contributed by atoms with Crippen LogP contribution in [-0.4, -0.2) is 40.5 Å². The van der Waals surface area contributed by atoms with Crippen LogP contribution in [0.2, 0.25) is 0 Å². The minimum absolute atomic E-state index is 0.472. The fourth-order valence-electron chi connectivity index (χ4n) is 3.84. The zero-order valence-corrected chi connectivity index (χ0v) is 21.2. The molecule has 0 bridgehead atoms. The van der Waals surface area contributed by atoms with E-state index in [1.165, 1.54) is 9.79 Å². The number of benzene rings is 3. The van der Waals surface area contributed by atoms with Gasteiger partial charge in [-0.05, 0) is 55.1 Å². The smallest absolute Gasteiger partial charge is 0.0896 e. The van der Waals surface area contributed by atoms with Crippen LogP contribution in [0.4, 0.5) is 11.4 Å². The van der Waals surface area contributed by atoms with Crippen LogP contribution in [0, 0.1) is 0 Å². The van der Waals surface area contributed by atoms with E-state index >= 15 is 0 Å². The summed E-state index contributed by atoms with van der Waals surface area (Å²) < 4.78 is 0. The molecule has 1 heterocycles. The van der Waals surface area contributed by atoms with Gasteiger partial charge >= 0.3 is 0 Å². The molecule has 0 N–H and O–H groups in total. The monoisotopic (exact) mass is 473 g/mol. The minimum atomic E-state index is 0.472. The highest BCUT2D eigenvalue weighted by atomic mass is 32.2. The van der Waals surface area contributed by atoms with E-state index in [1.807, 2.05) is 23.9 Å². The van der Waals surface area contributed by atoms with Gasteiger partial charge in [0.05, 0.1) is 22.1 Å². The molecule has 0 saturated carbocycles. The van der Waals surface area contributed by atoms with Crippen molar-refractivity contribution in [1.82, 2.24) is 4.90 Å². The van der Waals surface area contributed by atoms with Crippen molar-refractivity contribution in [1.29, 1.82) is 0 Å². The molecule has 3 aromatic rings. The molecule has 3 nitrogen and oxygen atoms in total. The van der Waals surface area contributed by atoms with Gasteiger partial charge in [0.1, 0.15) is 0 Å². The third-order valence-corrected chi connectivity index (χ3v) is 7.69. The van der Waals surface area contributed by atoms with Gasteiger partial charge in [-0.25, -0.2) is 4.99 Å². The first-order valence-electron chi connectivity index (χ1n) is 11.6. The molecule has 4 rings (SSSR count). The summed E-state index contributed by atoms with van der Waals surface area (Å²) in [4.78, 5) is 15.0. The summed E-state index contributed by atoms with van der Waals surface area (Å²) in [7, 11) is 0. The zero-order chi connectivity index (χ0) is 23.0. The summed E-state index contributed by atoms with van der Waals surface area (Å²) in [5.41, 5.74) is 4.15. The lowest BCUT2D eigenvalue weighted by Gasteiger charge is -2.22. The Bertz CT molecular complexity index is 1100. The molecule has 0 aromatic heterocycles. The van der Waals surface area contributed by atoms with Crippen molar-refractivity contribution in [2.24, 2.45) is 9.98 Å². The molecule has 33 heavy (non-hydrogen) atoms. The molecule has 0 spiro atoms. The van der Waals surface area contributed by atoms with E-state index in [-0.39, 0.29) is 0 Å². The van der Waals surface area contributed by atoms with Crippen LogP contribution in [0.15, 0.2) is 98.6 Å². The fourth-order valence-corrected chi connectivity index (χ4v) is 5.80. The van der Waals surface area contributed by atoms with E-state index < -0.39 is 0 Å². The van der Waals surface area contributed by atoms with Crippen molar-refractivity contribution >= 4 is 45.7 Å². The Morgan fingerprint density at radius 3 is 2.06 bits per heavy atom. The third-order valence-electron chi connectivity index (χ3n) is 5.61. The van der Waals surface area contributed by atoms with Crippen LogP contribution >= 0.6 is 23.5 Å². The Kier molecular flexibility index (Phi) is 8.43. The highest BCUT2D eigenvalue weighted by molar-refractivity contribution is 8.14. The maximum absolute atomic E-state index is 5.05. The summed E-state index contributed by atoms with van der Waals surface area (Å²) in [6.07, 6.45) is 0.757. The van der Waals surface area contributed by atoms with Crippen molar-refractivity contribution in [3.8, 4) is 0 Å². The first-order valence-corrected chi connectivity index (χ1v) is 13.3. The topological polar surface area (TPSA) is 28.0 Å². The molecule has 5 heteroatoms. The fraction of sp³-hybridized carbons (Fsp3) is 0.286. The van der Waals surface area contributed by atoms with E-state index in [4.69, 9.17) is 9.98 Å². The Hall–Kier alpha value is -2.34. The van der Waals surface area contributed by atoms with Gasteiger partial charge in [-0.2, -0.15) is 0 Å². The van der Waals surface area contributed by atoms with Gasteiger partial charge < -0.3 is 4.90 Å². The van der Waals surface area contributed by atoms with Crippen LogP contribution in [0.1, 0.15) is 32.8 Å². The molecule has 0 radical (unpaired) electrons. The molecule has 1 atom stereocenters. The van der Waals surface area contributed by atoms with Crippen LogP contribution in [0.5, 0.6) is 0 Å². The number of aliphatic imine (C=N–C) groups is 2. The quantitative estimate of drug-likeness (QED) is 0.333. The van der Waals surface area contributed by atoms with Gasteiger partial charge in [-0.15, -0.1) is 11.8 Å². The predicted molar refractivity (Wildman–Crippen MR) is 146 cm³/mol. The summed E-state index contributed by atoms with van der Waals surface area (Å²) >= 11 is 3.67. The number of nitrogens with zero attached hydrogens (tertiary/aromatic N) is 3. The highest BCUT2D eigenvalue weighted by Crippen LogP contribution is 2.35. The zero-order valence-electron chi connectivity index (χ0n) is 19.6. The third kappa shape index (κ3) is 6.59. The Morgan fingerprint density at radius 1 is 0.788 bits per heavy atom. The molecule has 0 aliphatic carbocycles. The van der Waals surface area contributed by atoms with Crippen molar-refractivity contribution in [2.45, 2.75) is 42.2 Å². The molecule has 0 fully saturated rings. The second-order valence-electron chi connectivity index (χ2n) is 8.08. The summed E-state index contributed by atoms with van der Waals surface area (Å²) in [5.74, 6) is 0. The lowest BCUT2D eigenvalue weighted by molar-refractivity contribution is 0.308. The van der Waals surface area contributed by atoms with E-state index in [0.717, 1.165) is 53.7 Å². The Morgan fingerprint density at radius 2 is 1.39 bits per heavy atom. The highest BCUT2D eigenvalue weighted by Gasteiger charge is 2.18. The standard InChI is InChI=1S/C28H31N3S2/c1-4-31(5-2)20-21(3)32-28-19-27(29-25-13-9-10-14-26(25)30-28)22-15-17-24(18-16-22)33-23-11-7-6-8-12-23/h6-18,21H,4-5,19-20H2,1-3H3. The van der Waals surface area contributed by atoms with Crippen LogP contribution in [0.3, 0.4) is 0 Å². The molecular formula is C28H31N3S2. The molecule has 0 amide bonds. The van der Waals surface area contributed by atoms with Gasteiger partial charge in [-0.1, -0.05) is 75.0 Å². The number of hydrogen-bond donors (Lipinski definition) is 0. The second-order valence-corrected chi connectivity index (χ2v) is 10.7. The normalized spacial score (nSPS) is 14.3. The maximum Gasteiger partial charge on any atom is 0.0896 e. The van der Waals surface area contributed by atoms with Gasteiger partial charge in [0.25, 0.3) is 0 Å². The summed E-state index contributed by atoms with van der Waals surface area (Å²) in [5, 5.41) is 1.61. The van der Waals surface area contributed by atoms with Crippen molar-refractivity contribution in [2.75, 3.05) is 19.6 Å². The number of fused-ring (bicyclic) bond motifs is 1. The first-order chi connectivity index (χ1) is 16.1. The molecule has 0 saturated heterocycles. The number of para-hydroxylation sites is 2. The van der Waals surface area contributed by atoms with E-state index in [2.05, 4.69) is 92.4 Å². The van der Waals surface area contributed by atoms with Gasteiger partial charge in [0, 0.05) is 28.0 Å².